The molecule has 31 heavy (non-hydrogen) atoms. The van der Waals surface area contributed by atoms with Crippen molar-refractivity contribution in [2.75, 3.05) is 18.5 Å². The van der Waals surface area contributed by atoms with E-state index in [0.717, 1.165) is 18.5 Å². The third kappa shape index (κ3) is 5.36. The minimum Gasteiger partial charge on any atom is -0.462 e. The Labute approximate surface area is 182 Å². The molecule has 0 aliphatic heterocycles. The topological polar surface area (TPSA) is 110 Å². The summed E-state index contributed by atoms with van der Waals surface area (Å²) in [5.74, 6) is -0.501. The third-order valence-electron chi connectivity index (χ3n) is 4.62. The van der Waals surface area contributed by atoms with Gasteiger partial charge in [0.1, 0.15) is 5.56 Å². The molecular weight excluding hydrogens is 416 g/mol. The zero-order valence-electron chi connectivity index (χ0n) is 17.8. The number of benzene rings is 1. The Kier molecular flexibility index (Phi) is 7.19. The van der Waals surface area contributed by atoms with Crippen LogP contribution in [-0.4, -0.2) is 37.5 Å². The van der Waals surface area contributed by atoms with Gasteiger partial charge in [0, 0.05) is 29.5 Å². The summed E-state index contributed by atoms with van der Waals surface area (Å²) in [5, 5.41) is 3.87. The Hall–Kier alpha value is -3.04. The molecule has 0 amide bonds. The van der Waals surface area contributed by atoms with Crippen molar-refractivity contribution in [3.63, 3.8) is 0 Å². The number of carbonyl (C=O) groups excluding carboxylic acids is 1. The van der Waals surface area contributed by atoms with Crippen molar-refractivity contribution in [3.05, 3.63) is 53.9 Å². The molecule has 8 nitrogen and oxygen atoms in total. The van der Waals surface area contributed by atoms with Gasteiger partial charge in [-0.3, -0.25) is 0 Å². The van der Waals surface area contributed by atoms with Crippen LogP contribution >= 0.6 is 0 Å². The predicted octanol–water partition coefficient (Wildman–Crippen LogP) is 3.94. The first kappa shape index (κ1) is 22.6. The number of nitrogens with one attached hydrogen (secondary N) is 2. The van der Waals surface area contributed by atoms with Crippen LogP contribution in [0, 0.1) is 6.92 Å². The van der Waals surface area contributed by atoms with Crippen molar-refractivity contribution >= 4 is 38.4 Å². The number of aromatic nitrogens is 2. The first-order valence-electron chi connectivity index (χ1n) is 10.2. The number of pyridine rings is 2. The van der Waals surface area contributed by atoms with Crippen molar-refractivity contribution in [1.29, 1.82) is 0 Å². The van der Waals surface area contributed by atoms with Gasteiger partial charge in [-0.1, -0.05) is 13.3 Å². The van der Waals surface area contributed by atoms with Crippen LogP contribution in [0.5, 0.6) is 0 Å². The maximum Gasteiger partial charge on any atom is 0.341 e. The van der Waals surface area contributed by atoms with Crippen LogP contribution in [0.4, 0.5) is 11.4 Å². The number of hydrogen-bond donors (Lipinski definition) is 2. The summed E-state index contributed by atoms with van der Waals surface area (Å²) in [5.41, 5.74) is 2.70. The van der Waals surface area contributed by atoms with Gasteiger partial charge in [0.15, 0.2) is 5.65 Å². The first-order chi connectivity index (χ1) is 14.9. The maximum absolute atomic E-state index is 12.5. The number of unbranched alkanes of at least 4 members (excludes halogenated alkanes) is 1. The van der Waals surface area contributed by atoms with Crippen molar-refractivity contribution in [3.8, 4) is 0 Å². The fourth-order valence-electron chi connectivity index (χ4n) is 3.00. The van der Waals surface area contributed by atoms with Gasteiger partial charge in [0.05, 0.1) is 17.2 Å². The molecule has 0 spiro atoms. The minimum atomic E-state index is -3.56. The van der Waals surface area contributed by atoms with Crippen LogP contribution in [0.2, 0.25) is 0 Å². The summed E-state index contributed by atoms with van der Waals surface area (Å²) < 4.78 is 32.5. The molecule has 2 aromatic heterocycles. The molecule has 9 heteroatoms. The fourth-order valence-corrected chi connectivity index (χ4v) is 4.07. The number of sulfonamides is 1. The molecule has 0 saturated heterocycles. The summed E-state index contributed by atoms with van der Waals surface area (Å²) in [7, 11) is -3.56. The quantitative estimate of drug-likeness (QED) is 0.381. The van der Waals surface area contributed by atoms with E-state index in [2.05, 4.69) is 20.0 Å². The number of esters is 1. The average molecular weight is 443 g/mol. The summed E-state index contributed by atoms with van der Waals surface area (Å²) in [4.78, 5) is 21.3. The number of hydrogen-bond acceptors (Lipinski definition) is 7. The molecule has 0 unspecified atom stereocenters. The average Bonchev–Trinajstić information content (AvgIpc) is 2.74. The third-order valence-corrected chi connectivity index (χ3v) is 6.10. The lowest BCUT2D eigenvalue weighted by Gasteiger charge is -2.14. The summed E-state index contributed by atoms with van der Waals surface area (Å²) in [6.45, 7) is 6.23. The second-order valence-electron chi connectivity index (χ2n) is 6.99. The van der Waals surface area contributed by atoms with E-state index < -0.39 is 16.0 Å². The van der Waals surface area contributed by atoms with Gasteiger partial charge in [-0.15, -0.1) is 0 Å². The van der Waals surface area contributed by atoms with Crippen LogP contribution in [0.1, 0.15) is 42.7 Å². The molecule has 0 fully saturated rings. The molecule has 0 bridgehead atoms. The molecule has 2 heterocycles. The Balaban J connectivity index is 1.95. The predicted molar refractivity (Wildman–Crippen MR) is 120 cm³/mol. The van der Waals surface area contributed by atoms with Crippen molar-refractivity contribution < 1.29 is 17.9 Å². The van der Waals surface area contributed by atoms with Crippen molar-refractivity contribution in [2.24, 2.45) is 0 Å². The highest BCUT2D eigenvalue weighted by Gasteiger charge is 2.18. The second-order valence-corrected chi connectivity index (χ2v) is 8.76. The second kappa shape index (κ2) is 9.84. The van der Waals surface area contributed by atoms with Crippen LogP contribution in [-0.2, 0) is 14.8 Å². The summed E-state index contributed by atoms with van der Waals surface area (Å²) in [6, 6.07) is 10.0. The number of aryl methyl sites for hydroxylation is 1. The Morgan fingerprint density at radius 3 is 2.52 bits per heavy atom. The minimum absolute atomic E-state index is 0.177. The van der Waals surface area contributed by atoms with Gasteiger partial charge in [-0.2, -0.15) is 0 Å². The highest BCUT2D eigenvalue weighted by Crippen LogP contribution is 2.29. The lowest BCUT2D eigenvalue weighted by molar-refractivity contribution is 0.0527. The number of anilines is 2. The molecule has 3 rings (SSSR count). The van der Waals surface area contributed by atoms with E-state index >= 15 is 0 Å². The largest absolute Gasteiger partial charge is 0.462 e. The van der Waals surface area contributed by atoms with E-state index in [4.69, 9.17) is 4.74 Å². The normalized spacial score (nSPS) is 11.5. The van der Waals surface area contributed by atoms with Crippen LogP contribution < -0.4 is 10.0 Å². The van der Waals surface area contributed by atoms with E-state index in [-0.39, 0.29) is 17.1 Å². The molecular formula is C22H26N4O4S. The van der Waals surface area contributed by atoms with Gasteiger partial charge in [-0.25, -0.2) is 27.9 Å². The monoisotopic (exact) mass is 442 g/mol. The van der Waals surface area contributed by atoms with E-state index in [1.54, 1.807) is 19.1 Å². The van der Waals surface area contributed by atoms with Gasteiger partial charge in [-0.05, 0) is 56.7 Å². The zero-order valence-corrected chi connectivity index (χ0v) is 18.6. The van der Waals surface area contributed by atoms with Gasteiger partial charge in [0.2, 0.25) is 10.0 Å². The molecule has 164 valence electrons. The summed E-state index contributed by atoms with van der Waals surface area (Å²) in [6.07, 6.45) is 3.12. The fraction of sp³-hybridized carbons (Fsp3) is 0.318. The maximum atomic E-state index is 12.5. The van der Waals surface area contributed by atoms with Gasteiger partial charge < -0.3 is 10.1 Å². The van der Waals surface area contributed by atoms with Crippen molar-refractivity contribution in [1.82, 2.24) is 14.7 Å². The molecule has 0 aliphatic rings. The lowest BCUT2D eigenvalue weighted by Crippen LogP contribution is -2.24. The van der Waals surface area contributed by atoms with E-state index in [1.807, 2.05) is 26.0 Å². The molecule has 1 aromatic carbocycles. The van der Waals surface area contributed by atoms with E-state index in [0.29, 0.717) is 29.0 Å². The molecule has 0 saturated carbocycles. The van der Waals surface area contributed by atoms with Crippen molar-refractivity contribution in [2.45, 2.75) is 38.5 Å². The molecule has 2 N–H and O–H groups in total. The SMILES string of the molecule is CCCCNS(=O)(=O)c1ccc(Nc2c(C(=O)OCC)cnc3nc(C)ccc23)cc1. The summed E-state index contributed by atoms with van der Waals surface area (Å²) >= 11 is 0. The molecule has 0 aliphatic carbocycles. The highest BCUT2D eigenvalue weighted by atomic mass is 32.2. The van der Waals surface area contributed by atoms with Gasteiger partial charge in [0.25, 0.3) is 0 Å². The molecule has 3 aromatic rings. The smallest absolute Gasteiger partial charge is 0.341 e. The lowest BCUT2D eigenvalue weighted by atomic mass is 10.1. The number of carbonyl (C=O) groups is 1. The highest BCUT2D eigenvalue weighted by molar-refractivity contribution is 7.89. The number of fused-ring (bicyclic) bond motifs is 1. The van der Waals surface area contributed by atoms with E-state index in [1.165, 1.54) is 18.3 Å². The van der Waals surface area contributed by atoms with E-state index in [9.17, 15) is 13.2 Å². The number of rotatable bonds is 9. The first-order valence-corrected chi connectivity index (χ1v) is 11.6. The zero-order chi connectivity index (χ0) is 22.4. The standard InChI is InChI=1S/C22H26N4O4S/c1-4-6-13-24-31(28,29)17-10-8-16(9-11-17)26-20-18-12-7-15(3)25-21(18)23-14-19(20)22(27)30-5-2/h7-12,14,24H,4-6,13H2,1-3H3,(H,23,25,26). The number of ether oxygens (including phenoxy) is 1. The van der Waals surface area contributed by atoms with Crippen LogP contribution in [0.3, 0.4) is 0 Å². The molecule has 0 radical (unpaired) electrons. The number of nitrogens with zero attached hydrogens (tertiary/aromatic N) is 2. The molecule has 0 atom stereocenters. The Morgan fingerprint density at radius 2 is 1.84 bits per heavy atom. The van der Waals surface area contributed by atoms with Crippen LogP contribution in [0.15, 0.2) is 47.5 Å². The van der Waals surface area contributed by atoms with Gasteiger partial charge >= 0.3 is 5.97 Å². The Morgan fingerprint density at radius 1 is 1.10 bits per heavy atom. The Bertz CT molecular complexity index is 1180. The van der Waals surface area contributed by atoms with Crippen LogP contribution in [0.25, 0.3) is 11.0 Å².